The highest BCUT2D eigenvalue weighted by atomic mass is 35.5. The maximum Gasteiger partial charge on any atom is 0.237 e. The number of hydrogen-bond donors (Lipinski definition) is 0. The van der Waals surface area contributed by atoms with Crippen LogP contribution in [0.1, 0.15) is 39.0 Å². The quantitative estimate of drug-likeness (QED) is 0.778. The lowest BCUT2D eigenvalue weighted by atomic mass is 9.85. The first-order valence-corrected chi connectivity index (χ1v) is 6.81. The van der Waals surface area contributed by atoms with Crippen LogP contribution in [0.3, 0.4) is 0 Å². The van der Waals surface area contributed by atoms with Crippen molar-refractivity contribution in [3.63, 3.8) is 0 Å². The summed E-state index contributed by atoms with van der Waals surface area (Å²) in [6, 6.07) is 0. The molecule has 17 heavy (non-hydrogen) atoms. The first kappa shape index (κ1) is 12.9. The normalized spacial score (nSPS) is 24.6. The summed E-state index contributed by atoms with van der Waals surface area (Å²) in [5.74, 6) is 1.01. The molecule has 1 aromatic heterocycles. The Morgan fingerprint density at radius 1 is 1.35 bits per heavy atom. The molecule has 0 aliphatic heterocycles. The maximum absolute atomic E-state index is 6.00. The Hall–Kier alpha value is -0.540. The topological polar surface area (TPSA) is 35.0 Å². The molecule has 1 aromatic rings. The van der Waals surface area contributed by atoms with E-state index in [1.54, 1.807) is 0 Å². The van der Waals surface area contributed by atoms with E-state index in [-0.39, 0.29) is 11.4 Å². The van der Waals surface area contributed by atoms with Crippen LogP contribution in [0, 0.1) is 5.92 Å². The lowest BCUT2D eigenvalue weighted by Gasteiger charge is -2.30. The van der Waals surface area contributed by atoms with Gasteiger partial charge in [0, 0.05) is 0 Å². The number of aromatic nitrogens is 2. The molecule has 0 bridgehead atoms. The fraction of sp³-hybridized carbons (Fsp3) is 0.667. The van der Waals surface area contributed by atoms with Gasteiger partial charge in [-0.05, 0) is 43.2 Å². The summed E-state index contributed by atoms with van der Waals surface area (Å²) in [6.45, 7) is 2.20. The minimum Gasteiger partial charge on any atom is -0.473 e. The average Bonchev–Trinajstić information content (AvgIpc) is 2.34. The predicted octanol–water partition coefficient (Wildman–Crippen LogP) is 4.13. The molecule has 1 aliphatic rings. The van der Waals surface area contributed by atoms with Crippen LogP contribution in [0.5, 0.6) is 5.88 Å². The molecule has 5 heteroatoms. The van der Waals surface area contributed by atoms with Crippen molar-refractivity contribution in [2.45, 2.75) is 45.1 Å². The first-order chi connectivity index (χ1) is 8.20. The van der Waals surface area contributed by atoms with E-state index in [9.17, 15) is 0 Å². The van der Waals surface area contributed by atoms with Gasteiger partial charge in [-0.2, -0.15) is 4.98 Å². The number of ether oxygens (including phenoxy) is 1. The molecule has 1 heterocycles. The average molecular weight is 275 g/mol. The fourth-order valence-corrected chi connectivity index (χ4v) is 2.61. The van der Waals surface area contributed by atoms with E-state index in [4.69, 9.17) is 27.9 Å². The predicted molar refractivity (Wildman–Crippen MR) is 68.7 cm³/mol. The lowest BCUT2D eigenvalue weighted by Crippen LogP contribution is -2.30. The molecule has 1 aliphatic carbocycles. The highest BCUT2D eigenvalue weighted by Crippen LogP contribution is 2.32. The highest BCUT2D eigenvalue weighted by molar-refractivity contribution is 6.32. The molecule has 2 atom stereocenters. The zero-order chi connectivity index (χ0) is 12.3. The van der Waals surface area contributed by atoms with Crippen LogP contribution in [0.4, 0.5) is 0 Å². The van der Waals surface area contributed by atoms with Gasteiger partial charge >= 0.3 is 0 Å². The van der Waals surface area contributed by atoms with Crippen LogP contribution in [0.2, 0.25) is 10.3 Å². The third-order valence-corrected chi connectivity index (χ3v) is 3.75. The van der Waals surface area contributed by atoms with Crippen LogP contribution in [0.25, 0.3) is 0 Å². The standard InChI is InChI=1S/C12H16Cl2N2O/c1-2-8-5-3-4-6-10(8)17-11-9(13)7-15-12(14)16-11/h7-8,10H,2-6H2,1H3. The molecule has 2 unspecified atom stereocenters. The second kappa shape index (κ2) is 5.87. The summed E-state index contributed by atoms with van der Waals surface area (Å²) in [5, 5.41) is 0.600. The summed E-state index contributed by atoms with van der Waals surface area (Å²) in [6.07, 6.45) is 7.59. The molecule has 1 fully saturated rings. The van der Waals surface area contributed by atoms with E-state index in [0.29, 0.717) is 16.8 Å². The van der Waals surface area contributed by atoms with Crippen molar-refractivity contribution in [2.75, 3.05) is 0 Å². The smallest absolute Gasteiger partial charge is 0.237 e. The van der Waals surface area contributed by atoms with Gasteiger partial charge in [-0.25, -0.2) is 4.98 Å². The molecule has 94 valence electrons. The molecule has 0 spiro atoms. The largest absolute Gasteiger partial charge is 0.473 e. The molecule has 1 saturated carbocycles. The van der Waals surface area contributed by atoms with Crippen molar-refractivity contribution < 1.29 is 4.74 Å². The Kier molecular flexibility index (Phi) is 4.46. The lowest BCUT2D eigenvalue weighted by molar-refractivity contribution is 0.0858. The zero-order valence-electron chi connectivity index (χ0n) is 9.83. The molecule has 0 saturated heterocycles. The Bertz CT molecular complexity index is 387. The van der Waals surface area contributed by atoms with Crippen LogP contribution >= 0.6 is 23.2 Å². The van der Waals surface area contributed by atoms with Gasteiger partial charge in [0.15, 0.2) is 0 Å². The Morgan fingerprint density at radius 3 is 2.88 bits per heavy atom. The van der Waals surface area contributed by atoms with Crippen LogP contribution in [-0.4, -0.2) is 16.1 Å². The van der Waals surface area contributed by atoms with Crippen LogP contribution in [0.15, 0.2) is 6.20 Å². The summed E-state index contributed by atoms with van der Waals surface area (Å²) in [4.78, 5) is 7.85. The Balaban J connectivity index is 2.10. The zero-order valence-corrected chi connectivity index (χ0v) is 11.3. The van der Waals surface area contributed by atoms with Crippen LogP contribution < -0.4 is 4.74 Å². The number of nitrogens with zero attached hydrogens (tertiary/aromatic N) is 2. The molecule has 0 amide bonds. The Morgan fingerprint density at radius 2 is 2.12 bits per heavy atom. The SMILES string of the molecule is CCC1CCCCC1Oc1nc(Cl)ncc1Cl. The van der Waals surface area contributed by atoms with E-state index in [2.05, 4.69) is 16.9 Å². The monoisotopic (exact) mass is 274 g/mol. The maximum atomic E-state index is 6.00. The van der Waals surface area contributed by atoms with Crippen molar-refractivity contribution in [2.24, 2.45) is 5.92 Å². The van der Waals surface area contributed by atoms with E-state index < -0.39 is 0 Å². The number of hydrogen-bond acceptors (Lipinski definition) is 3. The van der Waals surface area contributed by atoms with Crippen molar-refractivity contribution in [1.29, 1.82) is 0 Å². The minimum absolute atomic E-state index is 0.174. The summed E-state index contributed by atoms with van der Waals surface area (Å²) < 4.78 is 5.90. The summed E-state index contributed by atoms with van der Waals surface area (Å²) in [7, 11) is 0. The second-order valence-electron chi connectivity index (χ2n) is 4.40. The first-order valence-electron chi connectivity index (χ1n) is 6.05. The fourth-order valence-electron chi connectivity index (χ4n) is 2.35. The molecular formula is C12H16Cl2N2O. The van der Waals surface area contributed by atoms with Gasteiger partial charge in [0.25, 0.3) is 0 Å². The third-order valence-electron chi connectivity index (χ3n) is 3.31. The van der Waals surface area contributed by atoms with Gasteiger partial charge in [0.1, 0.15) is 11.1 Å². The molecular weight excluding hydrogens is 259 g/mol. The van der Waals surface area contributed by atoms with E-state index in [1.807, 2.05) is 0 Å². The van der Waals surface area contributed by atoms with E-state index >= 15 is 0 Å². The van der Waals surface area contributed by atoms with Gasteiger partial charge in [0.2, 0.25) is 11.2 Å². The van der Waals surface area contributed by atoms with E-state index in [0.717, 1.165) is 12.8 Å². The molecule has 0 radical (unpaired) electrons. The van der Waals surface area contributed by atoms with Crippen molar-refractivity contribution >= 4 is 23.2 Å². The summed E-state index contributed by atoms with van der Waals surface area (Å²) in [5.41, 5.74) is 0. The van der Waals surface area contributed by atoms with E-state index in [1.165, 1.54) is 25.5 Å². The minimum atomic E-state index is 0.174. The highest BCUT2D eigenvalue weighted by Gasteiger charge is 2.26. The van der Waals surface area contributed by atoms with Gasteiger partial charge in [-0.1, -0.05) is 24.9 Å². The van der Waals surface area contributed by atoms with Gasteiger partial charge < -0.3 is 4.74 Å². The third kappa shape index (κ3) is 3.23. The number of rotatable bonds is 3. The van der Waals surface area contributed by atoms with Gasteiger partial charge in [-0.3, -0.25) is 0 Å². The Labute approximate surface area is 112 Å². The second-order valence-corrected chi connectivity index (χ2v) is 5.15. The molecule has 0 N–H and O–H groups in total. The summed E-state index contributed by atoms with van der Waals surface area (Å²) >= 11 is 11.7. The van der Waals surface area contributed by atoms with Crippen molar-refractivity contribution in [1.82, 2.24) is 9.97 Å². The van der Waals surface area contributed by atoms with Crippen LogP contribution in [-0.2, 0) is 0 Å². The van der Waals surface area contributed by atoms with Crippen molar-refractivity contribution in [3.8, 4) is 5.88 Å². The molecule has 3 nitrogen and oxygen atoms in total. The molecule has 0 aromatic carbocycles. The van der Waals surface area contributed by atoms with Crippen molar-refractivity contribution in [3.05, 3.63) is 16.5 Å². The number of halogens is 2. The van der Waals surface area contributed by atoms with Gasteiger partial charge in [0.05, 0.1) is 6.20 Å². The van der Waals surface area contributed by atoms with Gasteiger partial charge in [-0.15, -0.1) is 0 Å². The molecule has 2 rings (SSSR count).